The zero-order valence-corrected chi connectivity index (χ0v) is 20.4. The van der Waals surface area contributed by atoms with Gasteiger partial charge in [-0.25, -0.2) is 13.3 Å². The van der Waals surface area contributed by atoms with Crippen LogP contribution in [0.15, 0.2) is 30.6 Å². The Balaban J connectivity index is 1.32. The van der Waals surface area contributed by atoms with Gasteiger partial charge in [-0.3, -0.25) is 9.89 Å². The highest BCUT2D eigenvalue weighted by Gasteiger charge is 2.43. The van der Waals surface area contributed by atoms with Gasteiger partial charge in [-0.15, -0.1) is 0 Å². The summed E-state index contributed by atoms with van der Waals surface area (Å²) in [6.45, 7) is 0. The number of halogens is 3. The molecule has 0 bridgehead atoms. The number of carbonyl (C=O) groups excluding carboxylic acids is 1. The summed E-state index contributed by atoms with van der Waals surface area (Å²) in [5.41, 5.74) is 2.78. The number of benzene rings is 1. The molecule has 11 heteroatoms. The number of anilines is 2. The van der Waals surface area contributed by atoms with Gasteiger partial charge >= 0.3 is 0 Å². The standard InChI is InChI=1S/C25H26ClF2N7O/c1-29-13-2-4-14(5-3-13)31-24-22(28)21(26)20(17-11-30-33-23(17)24)12-6-7-35-15(8-12)9-19(34-35)32-25(36)16-10-18(16)27/h6-9,11,13-14,16,18,29,31H,2-5,10H2,1H3,(H,30,33)(H,32,34,36)/t13?,14?,16-,18+/m1/s1. The van der Waals surface area contributed by atoms with Crippen LogP contribution in [0.1, 0.15) is 32.1 Å². The number of hydrogen-bond donors (Lipinski definition) is 4. The molecule has 2 aliphatic rings. The molecule has 0 unspecified atom stereocenters. The second-order valence-corrected chi connectivity index (χ2v) is 10.1. The Labute approximate surface area is 210 Å². The Hall–Kier alpha value is -3.24. The molecule has 6 rings (SSSR count). The van der Waals surface area contributed by atoms with Crippen molar-refractivity contribution in [1.82, 2.24) is 25.1 Å². The zero-order valence-electron chi connectivity index (χ0n) is 19.6. The van der Waals surface area contributed by atoms with E-state index in [1.807, 2.05) is 13.1 Å². The van der Waals surface area contributed by atoms with Crippen LogP contribution in [0.4, 0.5) is 20.3 Å². The van der Waals surface area contributed by atoms with E-state index >= 15 is 4.39 Å². The molecule has 2 saturated carbocycles. The average molecular weight is 514 g/mol. The van der Waals surface area contributed by atoms with Gasteiger partial charge in [0.25, 0.3) is 0 Å². The van der Waals surface area contributed by atoms with Gasteiger partial charge in [0.2, 0.25) is 5.91 Å². The van der Waals surface area contributed by atoms with Crippen molar-refractivity contribution < 1.29 is 13.6 Å². The second-order valence-electron chi connectivity index (χ2n) is 9.68. The van der Waals surface area contributed by atoms with Crippen molar-refractivity contribution in [2.75, 3.05) is 17.7 Å². The van der Waals surface area contributed by atoms with E-state index < -0.39 is 17.9 Å². The van der Waals surface area contributed by atoms with Gasteiger partial charge in [0.1, 0.15) is 6.17 Å². The number of carbonyl (C=O) groups is 1. The number of nitrogens with one attached hydrogen (secondary N) is 4. The summed E-state index contributed by atoms with van der Waals surface area (Å²) in [5.74, 6) is -1.17. The zero-order chi connectivity index (χ0) is 25.0. The molecule has 3 aromatic heterocycles. The first-order valence-electron chi connectivity index (χ1n) is 12.2. The molecule has 3 heterocycles. The number of pyridine rings is 1. The van der Waals surface area contributed by atoms with Crippen LogP contribution in [-0.2, 0) is 4.79 Å². The van der Waals surface area contributed by atoms with E-state index in [9.17, 15) is 9.18 Å². The molecule has 1 amide bonds. The summed E-state index contributed by atoms with van der Waals surface area (Å²) < 4.78 is 30.5. The van der Waals surface area contributed by atoms with E-state index in [4.69, 9.17) is 11.6 Å². The van der Waals surface area contributed by atoms with Crippen molar-refractivity contribution in [3.8, 4) is 11.1 Å². The van der Waals surface area contributed by atoms with Crippen molar-refractivity contribution >= 4 is 45.4 Å². The monoisotopic (exact) mass is 513 g/mol. The number of hydrogen-bond acceptors (Lipinski definition) is 5. The Morgan fingerprint density at radius 1 is 1.22 bits per heavy atom. The first kappa shape index (κ1) is 23.2. The van der Waals surface area contributed by atoms with E-state index in [1.165, 1.54) is 0 Å². The van der Waals surface area contributed by atoms with Crippen molar-refractivity contribution in [2.24, 2.45) is 5.92 Å². The van der Waals surface area contributed by atoms with Crippen LogP contribution < -0.4 is 16.0 Å². The molecule has 0 saturated heterocycles. The van der Waals surface area contributed by atoms with Gasteiger partial charge in [0.05, 0.1) is 33.9 Å². The Kier molecular flexibility index (Phi) is 5.80. The van der Waals surface area contributed by atoms with Crippen molar-refractivity contribution in [3.05, 3.63) is 41.4 Å². The summed E-state index contributed by atoms with van der Waals surface area (Å²) in [6, 6.07) is 5.93. The van der Waals surface area contributed by atoms with E-state index in [1.54, 1.807) is 29.0 Å². The molecule has 2 aliphatic carbocycles. The van der Waals surface area contributed by atoms with Crippen LogP contribution in [0.3, 0.4) is 0 Å². The van der Waals surface area contributed by atoms with Gasteiger partial charge < -0.3 is 16.0 Å². The highest BCUT2D eigenvalue weighted by molar-refractivity contribution is 6.36. The van der Waals surface area contributed by atoms with Gasteiger partial charge in [-0.1, -0.05) is 11.6 Å². The molecule has 2 atom stereocenters. The third kappa shape index (κ3) is 4.08. The van der Waals surface area contributed by atoms with Gasteiger partial charge in [-0.2, -0.15) is 10.2 Å². The number of aromatic nitrogens is 4. The van der Waals surface area contributed by atoms with Crippen LogP contribution >= 0.6 is 11.6 Å². The lowest BCUT2D eigenvalue weighted by Crippen LogP contribution is -2.35. The molecule has 0 spiro atoms. The average Bonchev–Trinajstić information content (AvgIpc) is 3.24. The van der Waals surface area contributed by atoms with Gasteiger partial charge in [0, 0.05) is 35.3 Å². The third-order valence-electron chi connectivity index (χ3n) is 7.33. The fraction of sp³-hybridized carbons (Fsp3) is 0.400. The van der Waals surface area contributed by atoms with Crippen LogP contribution in [-0.4, -0.2) is 51.0 Å². The number of nitrogens with zero attached hydrogens (tertiary/aromatic N) is 3. The maximum atomic E-state index is 15.7. The minimum Gasteiger partial charge on any atom is -0.378 e. The Morgan fingerprint density at radius 3 is 2.69 bits per heavy atom. The van der Waals surface area contributed by atoms with Crippen LogP contribution in [0, 0.1) is 11.7 Å². The predicted octanol–water partition coefficient (Wildman–Crippen LogP) is 4.91. The van der Waals surface area contributed by atoms with E-state index in [0.717, 1.165) is 25.7 Å². The summed E-state index contributed by atoms with van der Waals surface area (Å²) in [7, 11) is 1.97. The van der Waals surface area contributed by atoms with Crippen LogP contribution in [0.25, 0.3) is 27.5 Å². The highest BCUT2D eigenvalue weighted by Crippen LogP contribution is 2.42. The SMILES string of the molecule is CNC1CCC(Nc2c(F)c(Cl)c(-c3ccn4nc(NC(=O)[C@@H]5C[C@@H]5F)cc4c3)c3cn[nH]c23)CC1. The molecule has 0 radical (unpaired) electrons. The molecule has 1 aromatic carbocycles. The lowest BCUT2D eigenvalue weighted by molar-refractivity contribution is -0.117. The normalized spacial score (nSPS) is 23.8. The van der Waals surface area contributed by atoms with E-state index in [0.29, 0.717) is 45.1 Å². The number of H-pyrrole nitrogens is 1. The maximum Gasteiger partial charge on any atom is 0.231 e. The molecule has 4 aromatic rings. The van der Waals surface area contributed by atoms with E-state index in [-0.39, 0.29) is 23.4 Å². The first-order chi connectivity index (χ1) is 17.4. The summed E-state index contributed by atoms with van der Waals surface area (Å²) >= 11 is 6.63. The lowest BCUT2D eigenvalue weighted by atomic mass is 9.91. The van der Waals surface area contributed by atoms with Crippen molar-refractivity contribution in [2.45, 2.75) is 50.4 Å². The summed E-state index contributed by atoms with van der Waals surface area (Å²) in [6.07, 6.45) is 6.44. The largest absolute Gasteiger partial charge is 0.378 e. The minimum absolute atomic E-state index is 0.00965. The number of alkyl halides is 1. The highest BCUT2D eigenvalue weighted by atomic mass is 35.5. The number of rotatable bonds is 6. The summed E-state index contributed by atoms with van der Waals surface area (Å²) in [5, 5.41) is 21.5. The molecule has 4 N–H and O–H groups in total. The minimum atomic E-state index is -1.08. The second kappa shape index (κ2) is 9.01. The number of aromatic amines is 1. The first-order valence-corrected chi connectivity index (χ1v) is 12.5. The fourth-order valence-corrected chi connectivity index (χ4v) is 5.43. The van der Waals surface area contributed by atoms with Crippen molar-refractivity contribution in [3.63, 3.8) is 0 Å². The Morgan fingerprint density at radius 2 is 1.97 bits per heavy atom. The van der Waals surface area contributed by atoms with Crippen LogP contribution in [0.5, 0.6) is 0 Å². The topological polar surface area (TPSA) is 99.1 Å². The molecule has 36 heavy (non-hydrogen) atoms. The van der Waals surface area contributed by atoms with Gasteiger partial charge in [-0.05, 0) is 56.8 Å². The smallest absolute Gasteiger partial charge is 0.231 e. The molecule has 188 valence electrons. The molecular formula is C25H26ClF2N7O. The number of amides is 1. The lowest BCUT2D eigenvalue weighted by Gasteiger charge is -2.30. The van der Waals surface area contributed by atoms with E-state index in [2.05, 4.69) is 31.2 Å². The fourth-order valence-electron chi connectivity index (χ4n) is 5.13. The van der Waals surface area contributed by atoms with Gasteiger partial charge in [0.15, 0.2) is 11.6 Å². The van der Waals surface area contributed by atoms with Crippen molar-refractivity contribution in [1.29, 1.82) is 0 Å². The number of fused-ring (bicyclic) bond motifs is 2. The quantitative estimate of drug-likeness (QED) is 0.294. The summed E-state index contributed by atoms with van der Waals surface area (Å²) in [4.78, 5) is 12.1. The maximum absolute atomic E-state index is 15.7. The Bertz CT molecular complexity index is 1460. The van der Waals surface area contributed by atoms with Crippen LogP contribution in [0.2, 0.25) is 5.02 Å². The molecular weight excluding hydrogens is 488 g/mol. The predicted molar refractivity (Wildman–Crippen MR) is 136 cm³/mol. The molecule has 2 fully saturated rings. The third-order valence-corrected chi connectivity index (χ3v) is 7.68. The molecule has 0 aliphatic heterocycles. The molecule has 8 nitrogen and oxygen atoms in total.